The number of hydrogen-bond donors (Lipinski definition) is 1. The van der Waals surface area contributed by atoms with Crippen molar-refractivity contribution in [3.05, 3.63) is 130 Å². The molecule has 4 aromatic rings. The van der Waals surface area contributed by atoms with E-state index in [0.717, 1.165) is 11.3 Å². The van der Waals surface area contributed by atoms with Crippen LogP contribution in [0.4, 0.5) is 11.4 Å². The van der Waals surface area contributed by atoms with Crippen LogP contribution in [0, 0.1) is 5.92 Å². The van der Waals surface area contributed by atoms with Gasteiger partial charge in [-0.15, -0.1) is 0 Å². The number of ketones is 2. The summed E-state index contributed by atoms with van der Waals surface area (Å²) in [7, 11) is 1.53. The summed E-state index contributed by atoms with van der Waals surface area (Å²) in [5, 5.41) is 3.33. The number of amides is 1. The molecule has 1 saturated heterocycles. The molecule has 4 aromatic carbocycles. The number of carbonyl (C=O) groups is 3. The number of carbonyl (C=O) groups excluding carboxylic acids is 3. The standard InChI is InChI=1S/C34H25ClN2O4/c1-41-22-11-8-10-21(19-22)31(38)29-30(32(39)23-12-3-5-14-25(23)35)37-27-16-7-2-9-20(27)17-18-28(37)34(29)24-13-4-6-15-26(24)36-33(34)40/h2-19,28-30H,1H3,(H,36,40). The Balaban J connectivity index is 1.55. The molecule has 0 radical (unpaired) electrons. The van der Waals surface area contributed by atoms with Gasteiger partial charge in [0.25, 0.3) is 0 Å². The topological polar surface area (TPSA) is 75.7 Å². The number of para-hydroxylation sites is 2. The second-order valence-electron chi connectivity index (χ2n) is 10.5. The minimum Gasteiger partial charge on any atom is -0.497 e. The highest BCUT2D eigenvalue weighted by Gasteiger charge is 2.70. The average Bonchev–Trinajstić information content (AvgIpc) is 3.49. The molecule has 41 heavy (non-hydrogen) atoms. The summed E-state index contributed by atoms with van der Waals surface area (Å²) in [5.41, 5.74) is 2.29. The Hall–Kier alpha value is -4.68. The number of benzene rings is 4. The maximum atomic E-state index is 14.8. The third kappa shape index (κ3) is 3.54. The number of nitrogens with zero attached hydrogens (tertiary/aromatic N) is 1. The lowest BCUT2D eigenvalue weighted by Crippen LogP contribution is -2.51. The SMILES string of the molecule is COc1cccc(C(=O)C2C(C(=O)c3ccccc3Cl)N3c4ccccc4C=CC3C23C(=O)Nc2ccccc23)c1. The van der Waals surface area contributed by atoms with Crippen molar-refractivity contribution in [1.82, 2.24) is 0 Å². The van der Waals surface area contributed by atoms with Crippen molar-refractivity contribution in [2.75, 3.05) is 17.3 Å². The second kappa shape index (κ2) is 9.46. The molecule has 0 aliphatic carbocycles. The fourth-order valence-corrected chi connectivity index (χ4v) is 7.12. The molecule has 1 amide bonds. The summed E-state index contributed by atoms with van der Waals surface area (Å²) < 4.78 is 5.42. The van der Waals surface area contributed by atoms with Crippen LogP contribution >= 0.6 is 11.6 Å². The average molecular weight is 561 g/mol. The van der Waals surface area contributed by atoms with Gasteiger partial charge in [0.1, 0.15) is 17.2 Å². The normalized spacial score (nSPS) is 23.5. The highest BCUT2D eigenvalue weighted by Crippen LogP contribution is 2.58. The van der Waals surface area contributed by atoms with Crippen LogP contribution in [0.25, 0.3) is 6.08 Å². The van der Waals surface area contributed by atoms with E-state index in [4.69, 9.17) is 16.3 Å². The molecule has 0 saturated carbocycles. The summed E-state index contributed by atoms with van der Waals surface area (Å²) in [6.07, 6.45) is 3.93. The van der Waals surface area contributed by atoms with E-state index in [1.165, 1.54) is 7.11 Å². The number of ether oxygens (including phenoxy) is 1. The molecule has 3 heterocycles. The molecular weight excluding hydrogens is 536 g/mol. The van der Waals surface area contributed by atoms with Crippen molar-refractivity contribution in [2.45, 2.75) is 17.5 Å². The molecule has 7 rings (SSSR count). The highest BCUT2D eigenvalue weighted by molar-refractivity contribution is 6.34. The summed E-state index contributed by atoms with van der Waals surface area (Å²) >= 11 is 6.58. The molecule has 4 unspecified atom stereocenters. The van der Waals surface area contributed by atoms with E-state index in [0.29, 0.717) is 33.1 Å². The molecule has 6 nitrogen and oxygen atoms in total. The lowest BCUT2D eigenvalue weighted by Gasteiger charge is -2.37. The van der Waals surface area contributed by atoms with E-state index in [1.54, 1.807) is 48.5 Å². The maximum absolute atomic E-state index is 14.8. The largest absolute Gasteiger partial charge is 0.497 e. The first-order valence-corrected chi connectivity index (χ1v) is 13.8. The second-order valence-corrected chi connectivity index (χ2v) is 10.9. The zero-order valence-corrected chi connectivity index (χ0v) is 22.8. The van der Waals surface area contributed by atoms with Crippen LogP contribution in [0.5, 0.6) is 5.75 Å². The Kier molecular flexibility index (Phi) is 5.84. The number of fused-ring (bicyclic) bond motifs is 6. The van der Waals surface area contributed by atoms with Crippen LogP contribution < -0.4 is 15.0 Å². The van der Waals surface area contributed by atoms with E-state index in [-0.39, 0.29) is 17.5 Å². The zero-order chi connectivity index (χ0) is 28.3. The molecular formula is C34H25ClN2O4. The summed E-state index contributed by atoms with van der Waals surface area (Å²) in [4.78, 5) is 45.9. The lowest BCUT2D eigenvalue weighted by molar-refractivity contribution is -0.121. The molecule has 4 atom stereocenters. The first-order chi connectivity index (χ1) is 20.0. The van der Waals surface area contributed by atoms with Crippen molar-refractivity contribution >= 4 is 46.5 Å². The number of methoxy groups -OCH3 is 1. The molecule has 202 valence electrons. The Morgan fingerprint density at radius 3 is 2.49 bits per heavy atom. The third-order valence-electron chi connectivity index (χ3n) is 8.59. The van der Waals surface area contributed by atoms with Gasteiger partial charge in [0, 0.05) is 22.5 Å². The predicted octanol–water partition coefficient (Wildman–Crippen LogP) is 6.20. The molecule has 1 fully saturated rings. The fourth-order valence-electron chi connectivity index (χ4n) is 6.90. The van der Waals surface area contributed by atoms with E-state index in [1.807, 2.05) is 65.6 Å². The minimum absolute atomic E-state index is 0.291. The van der Waals surface area contributed by atoms with Crippen LogP contribution in [0.15, 0.2) is 103 Å². The van der Waals surface area contributed by atoms with Gasteiger partial charge in [-0.05, 0) is 47.5 Å². The lowest BCUT2D eigenvalue weighted by atomic mass is 9.64. The Labute approximate surface area is 242 Å². The van der Waals surface area contributed by atoms with Crippen molar-refractivity contribution in [2.24, 2.45) is 5.92 Å². The van der Waals surface area contributed by atoms with Crippen LogP contribution in [0.2, 0.25) is 5.02 Å². The van der Waals surface area contributed by atoms with Gasteiger partial charge in [0.2, 0.25) is 5.91 Å². The Morgan fingerprint density at radius 1 is 0.902 bits per heavy atom. The first-order valence-electron chi connectivity index (χ1n) is 13.4. The predicted molar refractivity (Wildman–Crippen MR) is 159 cm³/mol. The van der Waals surface area contributed by atoms with Gasteiger partial charge in [-0.25, -0.2) is 0 Å². The van der Waals surface area contributed by atoms with Crippen LogP contribution in [-0.2, 0) is 10.2 Å². The van der Waals surface area contributed by atoms with Gasteiger partial charge in [0.05, 0.1) is 24.1 Å². The molecule has 3 aliphatic heterocycles. The number of rotatable bonds is 5. The molecule has 1 spiro atoms. The number of hydrogen-bond acceptors (Lipinski definition) is 5. The maximum Gasteiger partial charge on any atom is 0.238 e. The number of nitrogens with one attached hydrogen (secondary N) is 1. The highest BCUT2D eigenvalue weighted by atomic mass is 35.5. The van der Waals surface area contributed by atoms with Crippen molar-refractivity contribution < 1.29 is 19.1 Å². The molecule has 3 aliphatic rings. The zero-order valence-electron chi connectivity index (χ0n) is 22.1. The van der Waals surface area contributed by atoms with Crippen LogP contribution in [0.1, 0.15) is 31.8 Å². The fraction of sp³-hybridized carbons (Fsp3) is 0.147. The summed E-state index contributed by atoms with van der Waals surface area (Å²) in [6.45, 7) is 0. The number of anilines is 2. The third-order valence-corrected chi connectivity index (χ3v) is 8.92. The number of halogens is 1. The van der Waals surface area contributed by atoms with Crippen molar-refractivity contribution in [3.8, 4) is 5.75 Å². The van der Waals surface area contributed by atoms with Crippen molar-refractivity contribution in [1.29, 1.82) is 0 Å². The van der Waals surface area contributed by atoms with Gasteiger partial charge in [-0.1, -0.05) is 84.4 Å². The molecule has 0 aromatic heterocycles. The van der Waals surface area contributed by atoms with Gasteiger partial charge in [-0.2, -0.15) is 0 Å². The quantitative estimate of drug-likeness (QED) is 0.294. The summed E-state index contributed by atoms with van der Waals surface area (Å²) in [5.74, 6) is -1.52. The van der Waals surface area contributed by atoms with Crippen LogP contribution in [0.3, 0.4) is 0 Å². The van der Waals surface area contributed by atoms with Gasteiger partial charge >= 0.3 is 0 Å². The van der Waals surface area contributed by atoms with E-state index in [2.05, 4.69) is 5.32 Å². The van der Waals surface area contributed by atoms with E-state index in [9.17, 15) is 14.4 Å². The molecule has 0 bridgehead atoms. The van der Waals surface area contributed by atoms with Gasteiger partial charge < -0.3 is 15.0 Å². The summed E-state index contributed by atoms with van der Waals surface area (Å²) in [6, 6.07) is 27.2. The van der Waals surface area contributed by atoms with E-state index >= 15 is 0 Å². The van der Waals surface area contributed by atoms with Gasteiger partial charge in [-0.3, -0.25) is 14.4 Å². The number of Topliss-reactive ketones (excluding diaryl/α,β-unsaturated/α-hetero) is 2. The Morgan fingerprint density at radius 2 is 1.66 bits per heavy atom. The van der Waals surface area contributed by atoms with Gasteiger partial charge in [0.15, 0.2) is 11.6 Å². The van der Waals surface area contributed by atoms with E-state index < -0.39 is 23.4 Å². The van der Waals surface area contributed by atoms with Crippen molar-refractivity contribution in [3.63, 3.8) is 0 Å². The Bertz CT molecular complexity index is 1780. The molecule has 1 N–H and O–H groups in total. The monoisotopic (exact) mass is 560 g/mol. The van der Waals surface area contributed by atoms with Crippen LogP contribution in [-0.4, -0.2) is 36.7 Å². The smallest absolute Gasteiger partial charge is 0.238 e. The molecule has 7 heteroatoms. The first kappa shape index (κ1) is 25.3. The minimum atomic E-state index is -1.39.